The molecule has 5 fully saturated rings. The molecule has 4 heteroatoms. The smallest absolute Gasteiger partial charge is 0.161 e. The minimum atomic E-state index is -0.454. The molecule has 1 saturated heterocycles. The molecule has 0 amide bonds. The summed E-state index contributed by atoms with van der Waals surface area (Å²) in [5, 5.41) is 21.9. The molecule has 6 aliphatic rings. The van der Waals surface area contributed by atoms with Crippen LogP contribution in [0.5, 0.6) is 0 Å². The zero-order chi connectivity index (χ0) is 22.1. The molecule has 1 heterocycles. The molecule has 0 aromatic carbocycles. The summed E-state index contributed by atoms with van der Waals surface area (Å²) in [5.41, 5.74) is 1.01. The minimum Gasteiger partial charge on any atom is -0.396 e. The van der Waals surface area contributed by atoms with Gasteiger partial charge in [0.05, 0.1) is 12.2 Å². The van der Waals surface area contributed by atoms with Crippen molar-refractivity contribution in [2.24, 2.45) is 34.5 Å². The molecule has 178 valence electrons. The maximum absolute atomic E-state index is 11.7. The molecule has 0 radical (unpaired) electrons. The summed E-state index contributed by atoms with van der Waals surface area (Å²) >= 11 is 0. The van der Waals surface area contributed by atoms with Crippen molar-refractivity contribution in [3.63, 3.8) is 0 Å². The molecule has 0 bridgehead atoms. The van der Waals surface area contributed by atoms with E-state index in [9.17, 15) is 10.2 Å². The van der Waals surface area contributed by atoms with Gasteiger partial charge in [0.2, 0.25) is 0 Å². The fourth-order valence-corrected chi connectivity index (χ4v) is 9.63. The highest BCUT2D eigenvalue weighted by molar-refractivity contribution is 5.32. The second kappa shape index (κ2) is 7.66. The summed E-state index contributed by atoms with van der Waals surface area (Å²) in [6, 6.07) is 0. The Kier molecular flexibility index (Phi) is 5.23. The first-order valence-corrected chi connectivity index (χ1v) is 13.4. The predicted molar refractivity (Wildman–Crippen MR) is 124 cm³/mol. The lowest BCUT2D eigenvalue weighted by molar-refractivity contribution is -0.214. The van der Waals surface area contributed by atoms with Gasteiger partial charge in [0.1, 0.15) is 5.60 Å². The first-order chi connectivity index (χ1) is 15.4. The molecule has 4 nitrogen and oxygen atoms in total. The van der Waals surface area contributed by atoms with Crippen molar-refractivity contribution in [1.29, 1.82) is 0 Å². The van der Waals surface area contributed by atoms with Crippen LogP contribution in [0.2, 0.25) is 0 Å². The van der Waals surface area contributed by atoms with E-state index >= 15 is 0 Å². The third-order valence-electron chi connectivity index (χ3n) is 11.1. The molecule has 1 aliphatic heterocycles. The summed E-state index contributed by atoms with van der Waals surface area (Å²) in [6.07, 6.45) is 18.5. The Hall–Kier alpha value is -0.680. The van der Waals surface area contributed by atoms with Crippen LogP contribution in [0.1, 0.15) is 84.5 Å². The van der Waals surface area contributed by atoms with Gasteiger partial charge in [-0.05, 0) is 68.1 Å². The van der Waals surface area contributed by atoms with Crippen molar-refractivity contribution in [2.75, 3.05) is 6.61 Å². The number of fused-ring (bicyclic) bond motifs is 7. The van der Waals surface area contributed by atoms with Crippen LogP contribution in [0.25, 0.3) is 0 Å². The van der Waals surface area contributed by atoms with Crippen molar-refractivity contribution in [2.45, 2.75) is 109 Å². The maximum atomic E-state index is 11.7. The standard InChI is InChI=1S/C28H42O4/c1-26-13-7-6-10-19(26)11-12-20-21-16-23-28(14-15-29,27(21,2)17-22(30)24(20)26)32-25(31-23)18-8-4-3-5-9-18/h6-7,10,18,20-25,29-30H,3-5,8-9,11-17H2,1-2H3/t20-,21-,22?,23?,24+,25?,26-,27-,28+/m0/s1. The van der Waals surface area contributed by atoms with Gasteiger partial charge < -0.3 is 19.7 Å². The molecule has 0 aromatic rings. The lowest BCUT2D eigenvalue weighted by Crippen LogP contribution is -2.61. The normalized spacial score (nSPS) is 52.7. The molecule has 9 atom stereocenters. The number of hydrogen-bond acceptors (Lipinski definition) is 4. The van der Waals surface area contributed by atoms with Gasteiger partial charge in [0, 0.05) is 24.4 Å². The van der Waals surface area contributed by atoms with Crippen LogP contribution in [0.4, 0.5) is 0 Å². The number of aliphatic hydroxyl groups is 2. The molecule has 2 N–H and O–H groups in total. The fourth-order valence-electron chi connectivity index (χ4n) is 9.63. The predicted octanol–water partition coefficient (Wildman–Crippen LogP) is 5.14. The number of rotatable bonds is 3. The average molecular weight is 443 g/mol. The molecule has 4 saturated carbocycles. The highest BCUT2D eigenvalue weighted by atomic mass is 16.7. The Morgan fingerprint density at radius 2 is 1.94 bits per heavy atom. The summed E-state index contributed by atoms with van der Waals surface area (Å²) in [7, 11) is 0. The Morgan fingerprint density at radius 3 is 2.72 bits per heavy atom. The second-order valence-corrected chi connectivity index (χ2v) is 12.4. The van der Waals surface area contributed by atoms with Gasteiger partial charge in [-0.15, -0.1) is 0 Å². The first kappa shape index (κ1) is 21.8. The number of allylic oxidation sites excluding steroid dienone is 4. The molecule has 32 heavy (non-hydrogen) atoms. The van der Waals surface area contributed by atoms with Crippen molar-refractivity contribution in [1.82, 2.24) is 0 Å². The van der Waals surface area contributed by atoms with Crippen LogP contribution >= 0.6 is 0 Å². The Labute approximate surface area is 193 Å². The van der Waals surface area contributed by atoms with E-state index in [0.29, 0.717) is 30.1 Å². The largest absolute Gasteiger partial charge is 0.396 e. The molecular weight excluding hydrogens is 400 g/mol. The van der Waals surface area contributed by atoms with Crippen LogP contribution in [-0.2, 0) is 9.47 Å². The third kappa shape index (κ3) is 2.82. The summed E-state index contributed by atoms with van der Waals surface area (Å²) in [6.45, 7) is 4.89. The lowest BCUT2D eigenvalue weighted by atomic mass is 9.46. The molecule has 0 spiro atoms. The van der Waals surface area contributed by atoms with E-state index in [1.807, 2.05) is 0 Å². The Balaban J connectivity index is 1.33. The summed E-state index contributed by atoms with van der Waals surface area (Å²) in [4.78, 5) is 0. The molecule has 0 aromatic heterocycles. The van der Waals surface area contributed by atoms with Crippen LogP contribution in [0.3, 0.4) is 0 Å². The van der Waals surface area contributed by atoms with E-state index < -0.39 is 5.60 Å². The number of ether oxygens (including phenoxy) is 2. The third-order valence-corrected chi connectivity index (χ3v) is 11.1. The van der Waals surface area contributed by atoms with E-state index in [4.69, 9.17) is 9.47 Å². The van der Waals surface area contributed by atoms with Crippen molar-refractivity contribution < 1.29 is 19.7 Å². The average Bonchev–Trinajstić information content (AvgIpc) is 3.26. The quantitative estimate of drug-likeness (QED) is 0.635. The number of aliphatic hydroxyl groups excluding tert-OH is 2. The molecule has 5 aliphatic carbocycles. The zero-order valence-corrected chi connectivity index (χ0v) is 20.0. The van der Waals surface area contributed by atoms with Gasteiger partial charge in [0.15, 0.2) is 6.29 Å². The topological polar surface area (TPSA) is 58.9 Å². The van der Waals surface area contributed by atoms with Gasteiger partial charge in [-0.2, -0.15) is 0 Å². The van der Waals surface area contributed by atoms with Gasteiger partial charge in [-0.3, -0.25) is 0 Å². The SMILES string of the molecule is C[C@]12CC=CC=C1CC[C@@H]1[C@@H]2C(O)C[C@@]2(C)[C@H]1CC1OC(C3CCCCC3)O[C@]12CCO. The van der Waals surface area contributed by atoms with Crippen LogP contribution in [-0.4, -0.2) is 40.9 Å². The van der Waals surface area contributed by atoms with E-state index in [2.05, 4.69) is 32.1 Å². The lowest BCUT2D eigenvalue weighted by Gasteiger charge is -2.60. The molecule has 3 unspecified atom stereocenters. The van der Waals surface area contributed by atoms with Crippen LogP contribution < -0.4 is 0 Å². The van der Waals surface area contributed by atoms with Crippen molar-refractivity contribution in [3.05, 3.63) is 23.8 Å². The first-order valence-electron chi connectivity index (χ1n) is 13.4. The Morgan fingerprint density at radius 1 is 1.12 bits per heavy atom. The van der Waals surface area contributed by atoms with Crippen molar-refractivity contribution in [3.8, 4) is 0 Å². The summed E-state index contributed by atoms with van der Waals surface area (Å²) < 4.78 is 13.7. The second-order valence-electron chi connectivity index (χ2n) is 12.4. The molecular formula is C28H42O4. The van der Waals surface area contributed by atoms with Gasteiger partial charge >= 0.3 is 0 Å². The van der Waals surface area contributed by atoms with E-state index in [1.165, 1.54) is 37.7 Å². The van der Waals surface area contributed by atoms with E-state index in [-0.39, 0.29) is 35.9 Å². The van der Waals surface area contributed by atoms with E-state index in [1.54, 1.807) is 0 Å². The highest BCUT2D eigenvalue weighted by Gasteiger charge is 2.73. The van der Waals surface area contributed by atoms with Gasteiger partial charge in [-0.25, -0.2) is 0 Å². The van der Waals surface area contributed by atoms with Gasteiger partial charge in [0.25, 0.3) is 0 Å². The zero-order valence-electron chi connectivity index (χ0n) is 20.0. The maximum Gasteiger partial charge on any atom is 0.161 e. The minimum absolute atomic E-state index is 0.0542. The molecule has 6 rings (SSSR count). The summed E-state index contributed by atoms with van der Waals surface area (Å²) in [5.74, 6) is 1.79. The van der Waals surface area contributed by atoms with Gasteiger partial charge in [-0.1, -0.05) is 56.9 Å². The number of hydrogen-bond donors (Lipinski definition) is 2. The van der Waals surface area contributed by atoms with Crippen LogP contribution in [0, 0.1) is 34.5 Å². The van der Waals surface area contributed by atoms with E-state index in [0.717, 1.165) is 32.1 Å². The van der Waals surface area contributed by atoms with Crippen molar-refractivity contribution >= 4 is 0 Å². The Bertz CT molecular complexity index is 799. The van der Waals surface area contributed by atoms with Crippen LogP contribution in [0.15, 0.2) is 23.8 Å². The fraction of sp³-hybridized carbons (Fsp3) is 0.857. The highest BCUT2D eigenvalue weighted by Crippen LogP contribution is 2.70. The monoisotopic (exact) mass is 442 g/mol.